The zero-order chi connectivity index (χ0) is 17.7. The normalized spacial score (nSPS) is 11.4. The summed E-state index contributed by atoms with van der Waals surface area (Å²) in [5.41, 5.74) is 8.18. The first-order chi connectivity index (χ1) is 11.5. The van der Waals surface area contributed by atoms with Gasteiger partial charge in [0, 0.05) is 8.95 Å². The average Bonchev–Trinajstić information content (AvgIpc) is 2.60. The fraction of sp³-hybridized carbons (Fsp3) is 0.364. The van der Waals surface area contributed by atoms with Crippen molar-refractivity contribution in [2.45, 2.75) is 53.4 Å². The van der Waals surface area contributed by atoms with Gasteiger partial charge >= 0.3 is 0 Å². The van der Waals surface area contributed by atoms with Crippen LogP contribution in [0.25, 0.3) is 12.2 Å². The van der Waals surface area contributed by atoms with E-state index in [4.69, 9.17) is 0 Å². The molecule has 0 fully saturated rings. The molecule has 0 saturated heterocycles. The molecule has 0 aliphatic rings. The van der Waals surface area contributed by atoms with E-state index in [1.54, 1.807) is 0 Å². The van der Waals surface area contributed by atoms with Gasteiger partial charge in [-0.1, -0.05) is 83.8 Å². The maximum Gasteiger partial charge on any atom is 0.0210 e. The third-order valence-electron chi connectivity index (χ3n) is 4.58. The van der Waals surface area contributed by atoms with Gasteiger partial charge in [-0.2, -0.15) is 0 Å². The van der Waals surface area contributed by atoms with Crippen LogP contribution in [0.15, 0.2) is 33.2 Å². The van der Waals surface area contributed by atoms with Crippen LogP contribution in [0.2, 0.25) is 0 Å². The highest BCUT2D eigenvalue weighted by Crippen LogP contribution is 2.27. The van der Waals surface area contributed by atoms with Crippen molar-refractivity contribution in [3.63, 3.8) is 0 Å². The first kappa shape index (κ1) is 19.5. The predicted octanol–water partition coefficient (Wildman–Crippen LogP) is 7.63. The lowest BCUT2D eigenvalue weighted by Gasteiger charge is -2.11. The molecule has 2 rings (SSSR count). The second-order valence-electron chi connectivity index (χ2n) is 6.03. The van der Waals surface area contributed by atoms with E-state index in [1.165, 1.54) is 42.3 Å². The summed E-state index contributed by atoms with van der Waals surface area (Å²) < 4.78 is 2.45. The Bertz CT molecular complexity index is 679. The summed E-state index contributed by atoms with van der Waals surface area (Å²) in [5, 5.41) is 0. The van der Waals surface area contributed by atoms with Crippen molar-refractivity contribution < 1.29 is 0 Å². The van der Waals surface area contributed by atoms with Crippen LogP contribution in [-0.4, -0.2) is 0 Å². The standard InChI is InChI=1S/C22H26Br2/c1-5-15-13-21(23)17(7-3)11-19(15)9-10-20-12-18(8-4)22(24)14-16(20)6-2/h9-14H,5-8H2,1-4H3/b10-9+. The van der Waals surface area contributed by atoms with Crippen molar-refractivity contribution in [1.29, 1.82) is 0 Å². The Morgan fingerprint density at radius 2 is 0.917 bits per heavy atom. The minimum atomic E-state index is 1.05. The van der Waals surface area contributed by atoms with Crippen LogP contribution in [0.1, 0.15) is 61.1 Å². The number of rotatable bonds is 6. The molecule has 0 spiro atoms. The number of benzene rings is 2. The van der Waals surface area contributed by atoms with E-state index in [0.717, 1.165) is 25.7 Å². The van der Waals surface area contributed by atoms with Crippen LogP contribution in [0.4, 0.5) is 0 Å². The Morgan fingerprint density at radius 3 is 1.21 bits per heavy atom. The van der Waals surface area contributed by atoms with Gasteiger partial charge in [0.15, 0.2) is 0 Å². The van der Waals surface area contributed by atoms with Gasteiger partial charge in [0.25, 0.3) is 0 Å². The summed E-state index contributed by atoms with van der Waals surface area (Å²) in [7, 11) is 0. The van der Waals surface area contributed by atoms with Crippen LogP contribution < -0.4 is 0 Å². The molecule has 2 aromatic carbocycles. The molecular weight excluding hydrogens is 424 g/mol. The highest BCUT2D eigenvalue weighted by Gasteiger charge is 2.07. The van der Waals surface area contributed by atoms with Gasteiger partial charge in [-0.25, -0.2) is 0 Å². The van der Waals surface area contributed by atoms with Crippen molar-refractivity contribution in [2.75, 3.05) is 0 Å². The molecule has 0 saturated carbocycles. The summed E-state index contributed by atoms with van der Waals surface area (Å²) in [4.78, 5) is 0. The van der Waals surface area contributed by atoms with E-state index in [-0.39, 0.29) is 0 Å². The van der Waals surface area contributed by atoms with Crippen molar-refractivity contribution in [2.24, 2.45) is 0 Å². The summed E-state index contributed by atoms with van der Waals surface area (Å²) in [6, 6.07) is 9.20. The Labute approximate surface area is 163 Å². The second-order valence-corrected chi connectivity index (χ2v) is 7.74. The lowest BCUT2D eigenvalue weighted by atomic mass is 9.97. The number of aryl methyl sites for hydroxylation is 4. The van der Waals surface area contributed by atoms with Gasteiger partial charge in [0.1, 0.15) is 0 Å². The molecule has 0 bridgehead atoms. The quantitative estimate of drug-likeness (QED) is 0.397. The van der Waals surface area contributed by atoms with Gasteiger partial charge in [-0.05, 0) is 71.2 Å². The zero-order valence-electron chi connectivity index (χ0n) is 15.0. The van der Waals surface area contributed by atoms with Gasteiger partial charge < -0.3 is 0 Å². The Balaban J connectivity index is 2.47. The fourth-order valence-electron chi connectivity index (χ4n) is 3.00. The second kappa shape index (κ2) is 9.01. The monoisotopic (exact) mass is 448 g/mol. The van der Waals surface area contributed by atoms with Crippen molar-refractivity contribution in [3.8, 4) is 0 Å². The molecule has 0 unspecified atom stereocenters. The highest BCUT2D eigenvalue weighted by atomic mass is 79.9. The Morgan fingerprint density at radius 1 is 0.583 bits per heavy atom. The van der Waals surface area contributed by atoms with Gasteiger partial charge in [-0.3, -0.25) is 0 Å². The first-order valence-electron chi connectivity index (χ1n) is 8.84. The summed E-state index contributed by atoms with van der Waals surface area (Å²) in [5.74, 6) is 0. The van der Waals surface area contributed by atoms with Gasteiger partial charge in [0.2, 0.25) is 0 Å². The topological polar surface area (TPSA) is 0 Å². The molecule has 128 valence electrons. The third-order valence-corrected chi connectivity index (χ3v) is 6.06. The molecule has 0 atom stereocenters. The van der Waals surface area contributed by atoms with Crippen LogP contribution >= 0.6 is 31.9 Å². The summed E-state index contributed by atoms with van der Waals surface area (Å²) >= 11 is 7.40. The molecule has 0 aromatic heterocycles. The van der Waals surface area contributed by atoms with E-state index in [2.05, 4.69) is 96.0 Å². The van der Waals surface area contributed by atoms with Crippen molar-refractivity contribution in [3.05, 3.63) is 66.6 Å². The highest BCUT2D eigenvalue weighted by molar-refractivity contribution is 9.10. The Hall–Kier alpha value is -0.860. The molecule has 2 aromatic rings. The molecule has 0 amide bonds. The minimum Gasteiger partial charge on any atom is -0.0613 e. The number of hydrogen-bond acceptors (Lipinski definition) is 0. The molecule has 2 heteroatoms. The van der Waals surface area contributed by atoms with Gasteiger partial charge in [-0.15, -0.1) is 0 Å². The average molecular weight is 450 g/mol. The SMILES string of the molecule is CCc1cc(/C=C/c2cc(CC)c(Br)cc2CC)c(CC)cc1Br. The van der Waals surface area contributed by atoms with E-state index in [9.17, 15) is 0 Å². The Kier molecular flexibility index (Phi) is 7.31. The summed E-state index contributed by atoms with van der Waals surface area (Å²) in [6.45, 7) is 8.85. The van der Waals surface area contributed by atoms with E-state index >= 15 is 0 Å². The van der Waals surface area contributed by atoms with Crippen molar-refractivity contribution >= 4 is 44.0 Å². The first-order valence-corrected chi connectivity index (χ1v) is 10.4. The zero-order valence-corrected chi connectivity index (χ0v) is 18.2. The van der Waals surface area contributed by atoms with E-state index < -0.39 is 0 Å². The van der Waals surface area contributed by atoms with E-state index in [0.29, 0.717) is 0 Å². The lowest BCUT2D eigenvalue weighted by Crippen LogP contribution is -1.93. The number of hydrogen-bond donors (Lipinski definition) is 0. The van der Waals surface area contributed by atoms with Crippen LogP contribution in [-0.2, 0) is 25.7 Å². The largest absolute Gasteiger partial charge is 0.0613 e. The molecule has 0 nitrogen and oxygen atoms in total. The molecule has 0 aliphatic carbocycles. The van der Waals surface area contributed by atoms with Crippen molar-refractivity contribution in [1.82, 2.24) is 0 Å². The van der Waals surface area contributed by atoms with Gasteiger partial charge in [0.05, 0.1) is 0 Å². The fourth-order valence-corrected chi connectivity index (χ4v) is 4.34. The molecule has 24 heavy (non-hydrogen) atoms. The molecule has 0 radical (unpaired) electrons. The predicted molar refractivity (Wildman–Crippen MR) is 115 cm³/mol. The van der Waals surface area contributed by atoms with Crippen LogP contribution in [0.3, 0.4) is 0 Å². The lowest BCUT2D eigenvalue weighted by molar-refractivity contribution is 1.08. The maximum absolute atomic E-state index is 3.70. The van der Waals surface area contributed by atoms with Crippen LogP contribution in [0, 0.1) is 0 Å². The maximum atomic E-state index is 3.70. The molecule has 0 N–H and O–H groups in total. The van der Waals surface area contributed by atoms with E-state index in [1.807, 2.05) is 0 Å². The van der Waals surface area contributed by atoms with Crippen LogP contribution in [0.5, 0.6) is 0 Å². The minimum absolute atomic E-state index is 1.05. The smallest absolute Gasteiger partial charge is 0.0210 e. The molecule has 0 heterocycles. The third kappa shape index (κ3) is 4.40. The summed E-state index contributed by atoms with van der Waals surface area (Å²) in [6.07, 6.45) is 8.75. The molecular formula is C22H26Br2. The molecule has 0 aliphatic heterocycles. The number of halogens is 2.